The molecule has 1 aromatic carbocycles. The van der Waals surface area contributed by atoms with Crippen LogP contribution in [0.15, 0.2) is 95.3 Å². The van der Waals surface area contributed by atoms with Gasteiger partial charge in [0.2, 0.25) is 28.6 Å². The molecule has 0 aromatic heterocycles. The average molecular weight is 1170 g/mol. The van der Waals surface area contributed by atoms with Crippen molar-refractivity contribution in [3.63, 3.8) is 0 Å². The number of carboxylic acids is 1. The molecule has 469 valence electrons. The van der Waals surface area contributed by atoms with Gasteiger partial charge < -0.3 is 37.3 Å². The monoisotopic (exact) mass is 1170 g/mol. The minimum absolute atomic E-state index is 0.0638. The predicted molar refractivity (Wildman–Crippen MR) is 345 cm³/mol. The Labute approximate surface area is 508 Å². The van der Waals surface area contributed by atoms with Gasteiger partial charge in [-0.3, -0.25) is 4.79 Å². The summed E-state index contributed by atoms with van der Waals surface area (Å²) in [5.41, 5.74) is 3.48. The molecule has 1 aromatic rings. The predicted octanol–water partition coefficient (Wildman–Crippen LogP) is 18.4. The van der Waals surface area contributed by atoms with Gasteiger partial charge in [0, 0.05) is 36.0 Å². The fourth-order valence-corrected chi connectivity index (χ4v) is 11.5. The van der Waals surface area contributed by atoms with Crippen molar-refractivity contribution >= 4 is 24.5 Å². The van der Waals surface area contributed by atoms with Crippen LogP contribution in [0.25, 0.3) is 0 Å². The Hall–Kier alpha value is -4.87. The van der Waals surface area contributed by atoms with Gasteiger partial charge in [-0.1, -0.05) is 295 Å². The summed E-state index contributed by atoms with van der Waals surface area (Å²) >= 11 is 0. The number of carbonyl (C=O) groups is 1. The van der Waals surface area contributed by atoms with E-state index in [2.05, 4.69) is 30.8 Å². The number of rotatable bonds is 51. The molecule has 3 N–H and O–H groups in total. The zero-order valence-electron chi connectivity index (χ0n) is 52.9. The van der Waals surface area contributed by atoms with E-state index in [0.29, 0.717) is 65.5 Å². The summed E-state index contributed by atoms with van der Waals surface area (Å²) in [6, 6.07) is 4.00. The Morgan fingerprint density at radius 1 is 0.429 bits per heavy atom. The van der Waals surface area contributed by atoms with Crippen molar-refractivity contribution in [3.8, 4) is 17.2 Å². The first-order valence-corrected chi connectivity index (χ1v) is 34.5. The molecule has 0 bridgehead atoms. The topological polar surface area (TPSA) is 111 Å². The summed E-state index contributed by atoms with van der Waals surface area (Å²) in [6.45, 7) is 8.51. The van der Waals surface area contributed by atoms with Crippen LogP contribution in [0.2, 0.25) is 0 Å². The first-order chi connectivity index (χ1) is 41.2. The maximum atomic E-state index is 15.4. The molecular weight excluding hydrogens is 1050 g/mol. The lowest BCUT2D eigenvalue weighted by Crippen LogP contribution is -2.69. The molecule has 9 nitrogen and oxygen atoms in total. The fourth-order valence-electron chi connectivity index (χ4n) is 11.5. The SMILES string of the molecule is CCCCCCCCCCCCCCCCOc1cc(C2=[NH+]C(=C3C=C(C4=[NH+]C(=C5C=C[C](C(=O)O)C=C5)C=C4)O[B-](F)(F)O3)C=C2)cc(OCCCCCCCCCCCCCCCC)c1OCCCCCCCCCCCCCCCC. The van der Waals surface area contributed by atoms with E-state index in [1.807, 2.05) is 18.2 Å². The number of nitrogens with one attached hydrogen (secondary N) is 2. The van der Waals surface area contributed by atoms with E-state index in [9.17, 15) is 9.90 Å². The molecule has 0 unspecified atom stereocenters. The van der Waals surface area contributed by atoms with Crippen LogP contribution in [0.3, 0.4) is 0 Å². The second-order valence-electron chi connectivity index (χ2n) is 24.2. The third-order valence-electron chi connectivity index (χ3n) is 16.7. The quantitative estimate of drug-likeness (QED) is 0.0440. The van der Waals surface area contributed by atoms with Crippen LogP contribution < -0.4 is 24.2 Å². The van der Waals surface area contributed by atoms with Crippen LogP contribution >= 0.6 is 0 Å². The van der Waals surface area contributed by atoms with E-state index < -0.39 is 13.1 Å². The zero-order valence-corrected chi connectivity index (χ0v) is 52.9. The van der Waals surface area contributed by atoms with E-state index in [4.69, 9.17) is 23.5 Å². The number of aliphatic carboxylic acids is 1. The van der Waals surface area contributed by atoms with Gasteiger partial charge in [-0.15, -0.1) is 0 Å². The van der Waals surface area contributed by atoms with Crippen molar-refractivity contribution in [2.75, 3.05) is 19.8 Å². The number of ether oxygens (including phenoxy) is 3. The summed E-state index contributed by atoms with van der Waals surface area (Å²) in [5, 5.41) is 9.36. The standard InChI is InChI=1S/C72H111BF2N2O7/c1-4-7-10-13-16-19-22-25-28-31-34-37-40-43-54-80-69-57-62(64-51-53-66(77-64)68-59-67(83-73(74,75)84-68)65-52-50-63(76-65)60-46-48-61(49-47-60)72(78)79)58-70(81-55-44-41-38-35-32-29-26-23-20-17-14-11-8-5-2)71(69)82-56-45-42-39-36-33-30-27-24-21-18-15-12-9-6-3/h46-53,57-59H,4-45,54-56H2,1-3H3,(H,78,79)/q-1/p+2. The second kappa shape index (κ2) is 43.7. The molecule has 3 heterocycles. The summed E-state index contributed by atoms with van der Waals surface area (Å²) in [5.74, 6) is 0.880. The van der Waals surface area contributed by atoms with Crippen molar-refractivity contribution < 1.29 is 52.0 Å². The highest BCUT2D eigenvalue weighted by atomic mass is 19.3. The minimum atomic E-state index is -4.72. The van der Waals surface area contributed by atoms with Crippen LogP contribution in [0.4, 0.5) is 8.63 Å². The van der Waals surface area contributed by atoms with Crippen molar-refractivity contribution in [2.24, 2.45) is 0 Å². The van der Waals surface area contributed by atoms with E-state index in [1.165, 1.54) is 249 Å². The van der Waals surface area contributed by atoms with Crippen molar-refractivity contribution in [1.29, 1.82) is 0 Å². The second-order valence-corrected chi connectivity index (χ2v) is 24.2. The largest absolute Gasteiger partial charge is 0.726 e. The lowest BCUT2D eigenvalue weighted by molar-refractivity contribution is -0.388. The molecule has 1 radical (unpaired) electrons. The van der Waals surface area contributed by atoms with Gasteiger partial charge in [0.05, 0.1) is 25.4 Å². The van der Waals surface area contributed by atoms with E-state index in [0.717, 1.165) is 44.1 Å². The molecule has 0 saturated carbocycles. The van der Waals surface area contributed by atoms with Crippen LogP contribution in [-0.4, -0.2) is 49.4 Å². The lowest BCUT2D eigenvalue weighted by atomic mass is 9.99. The first-order valence-electron chi connectivity index (χ1n) is 34.5. The molecule has 0 saturated heterocycles. The van der Waals surface area contributed by atoms with Gasteiger partial charge in [-0.25, -0.2) is 9.98 Å². The molecule has 12 heteroatoms. The van der Waals surface area contributed by atoms with Crippen LogP contribution in [0.1, 0.15) is 296 Å². The smallest absolute Gasteiger partial charge is 0.623 e. The van der Waals surface area contributed by atoms with E-state index in [-0.39, 0.29) is 17.4 Å². The van der Waals surface area contributed by atoms with Gasteiger partial charge in [0.25, 0.3) is 0 Å². The van der Waals surface area contributed by atoms with Crippen molar-refractivity contribution in [1.82, 2.24) is 0 Å². The highest BCUT2D eigenvalue weighted by Gasteiger charge is 2.42. The summed E-state index contributed by atoms with van der Waals surface area (Å²) in [4.78, 5) is 18.0. The number of hydrogen-bond acceptors (Lipinski definition) is 6. The molecule has 0 amide bonds. The molecule has 4 aliphatic rings. The highest BCUT2D eigenvalue weighted by Crippen LogP contribution is 2.40. The number of allylic oxidation sites excluding steroid dienone is 8. The number of halogens is 2. The Kier molecular flexibility index (Phi) is 36.4. The number of benzene rings is 1. The first kappa shape index (κ1) is 69.9. The molecule has 5 rings (SSSR count). The Balaban J connectivity index is 1.26. The highest BCUT2D eigenvalue weighted by molar-refractivity contribution is 6.53. The number of unbranched alkanes of at least 4 members (excludes halogenated alkanes) is 39. The molecule has 0 atom stereocenters. The normalized spacial score (nSPS) is 16.3. The third-order valence-corrected chi connectivity index (χ3v) is 16.7. The Morgan fingerprint density at radius 3 is 1.17 bits per heavy atom. The summed E-state index contributed by atoms with van der Waals surface area (Å²) in [7, 11) is -4.72. The molecule has 0 spiro atoms. The zero-order chi connectivity index (χ0) is 59.6. The minimum Gasteiger partial charge on any atom is -0.623 e. The Bertz CT molecular complexity index is 2240. The van der Waals surface area contributed by atoms with Crippen molar-refractivity contribution in [2.45, 2.75) is 290 Å². The molecule has 0 fully saturated rings. The Morgan fingerprint density at radius 2 is 0.774 bits per heavy atom. The summed E-state index contributed by atoms with van der Waals surface area (Å²) < 4.78 is 61.3. The van der Waals surface area contributed by atoms with Crippen LogP contribution in [0.5, 0.6) is 17.2 Å². The third kappa shape index (κ3) is 29.0. The fraction of sp³-hybridized carbons (Fsp3) is 0.667. The van der Waals surface area contributed by atoms with Gasteiger partial charge in [-0.2, -0.15) is 0 Å². The van der Waals surface area contributed by atoms with E-state index >= 15 is 8.63 Å². The van der Waals surface area contributed by atoms with Gasteiger partial charge in [0.1, 0.15) is 5.92 Å². The van der Waals surface area contributed by atoms with E-state index in [1.54, 1.807) is 30.4 Å². The van der Waals surface area contributed by atoms with Gasteiger partial charge in [0.15, 0.2) is 23.0 Å². The number of hydrogen-bond donors (Lipinski definition) is 3. The summed E-state index contributed by atoms with van der Waals surface area (Å²) in [6.07, 6.45) is 68.9. The van der Waals surface area contributed by atoms with Gasteiger partial charge in [-0.05, 0) is 31.4 Å². The number of carboxylic acid groups (broad SMARTS) is 1. The van der Waals surface area contributed by atoms with Gasteiger partial charge >= 0.3 is 13.1 Å². The maximum absolute atomic E-state index is 15.4. The molecule has 3 aliphatic heterocycles. The van der Waals surface area contributed by atoms with Crippen molar-refractivity contribution in [3.05, 3.63) is 107 Å². The molecule has 1 aliphatic carbocycles. The average Bonchev–Trinajstić information content (AvgIpc) is 3.55. The maximum Gasteiger partial charge on any atom is 0.726 e. The molecule has 84 heavy (non-hydrogen) atoms. The molecular formula is C72H113BF2N2O7+. The van der Waals surface area contributed by atoms with Crippen LogP contribution in [0, 0.1) is 5.92 Å². The van der Waals surface area contributed by atoms with Crippen LogP contribution in [-0.2, 0) is 14.1 Å². The lowest BCUT2D eigenvalue weighted by Gasteiger charge is -2.32.